The van der Waals surface area contributed by atoms with E-state index in [2.05, 4.69) is 13.5 Å². The molecule has 1 aliphatic heterocycles. The molecule has 2 fully saturated rings. The van der Waals surface area contributed by atoms with Crippen molar-refractivity contribution >= 4 is 8.32 Å². The quantitative estimate of drug-likeness (QED) is 0.636. The van der Waals surface area contributed by atoms with Gasteiger partial charge in [0.05, 0.1) is 0 Å². The standard InChI is InChI=1S/C13H26OSi/c1-12(13-8-4-3-5-9-13)15(2)11-7-6-10-14-15/h12-13H,3-11H2,1-2H3. The van der Waals surface area contributed by atoms with Crippen molar-refractivity contribution in [3.8, 4) is 0 Å². The van der Waals surface area contributed by atoms with Gasteiger partial charge in [0.1, 0.15) is 0 Å². The predicted octanol–water partition coefficient (Wildman–Crippen LogP) is 4.34. The Bertz CT molecular complexity index is 193. The first-order valence-electron chi connectivity index (χ1n) is 6.86. The molecule has 1 aliphatic carbocycles. The van der Waals surface area contributed by atoms with E-state index in [4.69, 9.17) is 4.43 Å². The van der Waals surface area contributed by atoms with E-state index in [0.717, 1.165) is 18.1 Å². The highest BCUT2D eigenvalue weighted by Gasteiger charge is 2.41. The van der Waals surface area contributed by atoms with Crippen molar-refractivity contribution in [3.63, 3.8) is 0 Å². The van der Waals surface area contributed by atoms with Gasteiger partial charge in [-0.15, -0.1) is 0 Å². The van der Waals surface area contributed by atoms with Gasteiger partial charge in [-0.2, -0.15) is 0 Å². The average molecular weight is 226 g/mol. The molecule has 88 valence electrons. The van der Waals surface area contributed by atoms with Crippen molar-refractivity contribution < 1.29 is 4.43 Å². The van der Waals surface area contributed by atoms with Crippen LogP contribution in [-0.2, 0) is 4.43 Å². The van der Waals surface area contributed by atoms with Gasteiger partial charge in [0, 0.05) is 6.61 Å². The average Bonchev–Trinajstić information content (AvgIpc) is 2.30. The first kappa shape index (κ1) is 11.7. The lowest BCUT2D eigenvalue weighted by Gasteiger charge is -2.41. The van der Waals surface area contributed by atoms with E-state index in [0.29, 0.717) is 0 Å². The fourth-order valence-electron chi connectivity index (χ4n) is 3.45. The highest BCUT2D eigenvalue weighted by molar-refractivity contribution is 6.74. The Labute approximate surface area is 95.7 Å². The summed E-state index contributed by atoms with van der Waals surface area (Å²) in [5.41, 5.74) is 0.901. The molecule has 0 spiro atoms. The van der Waals surface area contributed by atoms with E-state index in [1.54, 1.807) is 0 Å². The molecule has 0 aromatic carbocycles. The van der Waals surface area contributed by atoms with Crippen LogP contribution >= 0.6 is 0 Å². The fraction of sp³-hybridized carbons (Fsp3) is 1.00. The highest BCUT2D eigenvalue weighted by Crippen LogP contribution is 2.42. The van der Waals surface area contributed by atoms with E-state index >= 15 is 0 Å². The van der Waals surface area contributed by atoms with E-state index < -0.39 is 8.32 Å². The van der Waals surface area contributed by atoms with Gasteiger partial charge in [-0.1, -0.05) is 45.4 Å². The largest absolute Gasteiger partial charge is 0.417 e. The van der Waals surface area contributed by atoms with Crippen LogP contribution in [0.5, 0.6) is 0 Å². The predicted molar refractivity (Wildman–Crippen MR) is 67.6 cm³/mol. The van der Waals surface area contributed by atoms with E-state index in [1.165, 1.54) is 51.0 Å². The summed E-state index contributed by atoms with van der Waals surface area (Å²) in [6.07, 6.45) is 10.1. The third-order valence-corrected chi connectivity index (χ3v) is 9.43. The van der Waals surface area contributed by atoms with Crippen LogP contribution in [0.15, 0.2) is 0 Å². The van der Waals surface area contributed by atoms with Gasteiger partial charge < -0.3 is 4.43 Å². The minimum atomic E-state index is -1.33. The second-order valence-electron chi connectivity index (χ2n) is 5.80. The molecule has 2 unspecified atom stereocenters. The number of hydrogen-bond acceptors (Lipinski definition) is 1. The van der Waals surface area contributed by atoms with E-state index in [-0.39, 0.29) is 0 Å². The molecule has 1 saturated heterocycles. The zero-order valence-electron chi connectivity index (χ0n) is 10.4. The summed E-state index contributed by atoms with van der Waals surface area (Å²) in [6.45, 7) is 6.04. The molecular formula is C13H26OSi. The third kappa shape index (κ3) is 2.65. The van der Waals surface area contributed by atoms with Crippen LogP contribution in [0.25, 0.3) is 0 Å². The molecule has 2 atom stereocenters. The van der Waals surface area contributed by atoms with Gasteiger partial charge in [-0.05, 0) is 30.5 Å². The van der Waals surface area contributed by atoms with Crippen LogP contribution in [0, 0.1) is 5.92 Å². The van der Waals surface area contributed by atoms with Gasteiger partial charge in [0.25, 0.3) is 0 Å². The zero-order valence-corrected chi connectivity index (χ0v) is 11.4. The lowest BCUT2D eigenvalue weighted by molar-refractivity contribution is 0.240. The normalized spacial score (nSPS) is 36.4. The van der Waals surface area contributed by atoms with Gasteiger partial charge in [-0.25, -0.2) is 0 Å². The molecule has 2 heteroatoms. The Morgan fingerprint density at radius 3 is 2.40 bits per heavy atom. The molecule has 1 heterocycles. The molecule has 1 nitrogen and oxygen atoms in total. The summed E-state index contributed by atoms with van der Waals surface area (Å²) >= 11 is 0. The molecule has 15 heavy (non-hydrogen) atoms. The molecule has 0 aromatic rings. The lowest BCUT2D eigenvalue weighted by Crippen LogP contribution is -2.44. The van der Waals surface area contributed by atoms with Crippen LogP contribution in [0.3, 0.4) is 0 Å². The van der Waals surface area contributed by atoms with Gasteiger partial charge in [0.2, 0.25) is 0 Å². The van der Waals surface area contributed by atoms with E-state index in [9.17, 15) is 0 Å². The number of rotatable bonds is 2. The third-order valence-electron chi connectivity index (χ3n) is 4.82. The maximum absolute atomic E-state index is 6.22. The molecule has 0 amide bonds. The van der Waals surface area contributed by atoms with Crippen molar-refractivity contribution in [2.45, 2.75) is 70.0 Å². The van der Waals surface area contributed by atoms with Crippen LogP contribution in [0.2, 0.25) is 18.1 Å². The Kier molecular flexibility index (Phi) is 3.89. The number of hydrogen-bond donors (Lipinski definition) is 0. The molecule has 0 radical (unpaired) electrons. The summed E-state index contributed by atoms with van der Waals surface area (Å²) < 4.78 is 6.22. The molecule has 0 bridgehead atoms. The van der Waals surface area contributed by atoms with Crippen LogP contribution in [0.1, 0.15) is 51.9 Å². The minimum absolute atomic E-state index is 0.901. The van der Waals surface area contributed by atoms with Gasteiger partial charge >= 0.3 is 0 Å². The van der Waals surface area contributed by atoms with Crippen LogP contribution in [0.4, 0.5) is 0 Å². The lowest BCUT2D eigenvalue weighted by atomic mass is 9.87. The van der Waals surface area contributed by atoms with Gasteiger partial charge in [0.15, 0.2) is 8.32 Å². The van der Waals surface area contributed by atoms with Crippen LogP contribution < -0.4 is 0 Å². The summed E-state index contributed by atoms with van der Waals surface area (Å²) in [6, 6.07) is 1.42. The monoisotopic (exact) mass is 226 g/mol. The zero-order chi connectivity index (χ0) is 10.7. The van der Waals surface area contributed by atoms with Crippen molar-refractivity contribution in [1.29, 1.82) is 0 Å². The minimum Gasteiger partial charge on any atom is -0.417 e. The Hall–Kier alpha value is 0.177. The summed E-state index contributed by atoms with van der Waals surface area (Å²) in [7, 11) is -1.33. The van der Waals surface area contributed by atoms with Crippen LogP contribution in [-0.4, -0.2) is 14.9 Å². The Balaban J connectivity index is 1.94. The van der Waals surface area contributed by atoms with Crippen molar-refractivity contribution in [1.82, 2.24) is 0 Å². The first-order valence-corrected chi connectivity index (χ1v) is 9.55. The van der Waals surface area contributed by atoms with Crippen molar-refractivity contribution in [3.05, 3.63) is 0 Å². The Morgan fingerprint density at radius 1 is 1.07 bits per heavy atom. The summed E-state index contributed by atoms with van der Waals surface area (Å²) in [5.74, 6) is 0.994. The SMILES string of the molecule is CC(C1CCCCC1)[Si]1(C)CCCCO1. The molecule has 1 saturated carbocycles. The summed E-state index contributed by atoms with van der Waals surface area (Å²) in [5, 5.41) is 0. The second kappa shape index (κ2) is 5.01. The van der Waals surface area contributed by atoms with Gasteiger partial charge in [-0.3, -0.25) is 0 Å². The van der Waals surface area contributed by atoms with Crippen molar-refractivity contribution in [2.75, 3.05) is 6.61 Å². The molecule has 0 aromatic heterocycles. The second-order valence-corrected chi connectivity index (χ2v) is 10.1. The maximum Gasteiger partial charge on any atom is 0.192 e. The maximum atomic E-state index is 6.22. The smallest absolute Gasteiger partial charge is 0.192 e. The molecule has 2 aliphatic rings. The topological polar surface area (TPSA) is 9.23 Å². The summed E-state index contributed by atoms with van der Waals surface area (Å²) in [4.78, 5) is 0. The first-order chi connectivity index (χ1) is 7.22. The fourth-order valence-corrected chi connectivity index (χ4v) is 7.20. The molecule has 0 N–H and O–H groups in total. The highest BCUT2D eigenvalue weighted by atomic mass is 28.4. The van der Waals surface area contributed by atoms with E-state index in [1.807, 2.05) is 0 Å². The molecule has 2 rings (SSSR count). The molecular weight excluding hydrogens is 200 g/mol. The van der Waals surface area contributed by atoms with Crippen molar-refractivity contribution in [2.24, 2.45) is 5.92 Å². The Morgan fingerprint density at radius 2 is 1.80 bits per heavy atom.